The van der Waals surface area contributed by atoms with Crippen molar-refractivity contribution in [2.75, 3.05) is 13.1 Å². The Hall–Kier alpha value is -1.26. The van der Waals surface area contributed by atoms with E-state index >= 15 is 0 Å². The summed E-state index contributed by atoms with van der Waals surface area (Å²) >= 11 is 0. The topological polar surface area (TPSA) is 37.4 Å². The molecule has 0 radical (unpaired) electrons. The van der Waals surface area contributed by atoms with E-state index < -0.39 is 10.0 Å². The summed E-state index contributed by atoms with van der Waals surface area (Å²) in [5, 5.41) is 0. The van der Waals surface area contributed by atoms with E-state index in [1.165, 1.54) is 4.31 Å². The minimum Gasteiger partial charge on any atom is -0.212 e. The molecular weight excluding hydrogens is 210 g/mol. The fourth-order valence-corrected chi connectivity index (χ4v) is 2.64. The molecular formula is C11H14NO2S-. The van der Waals surface area contributed by atoms with Crippen LogP contribution < -0.4 is 0 Å². The second-order valence-corrected chi connectivity index (χ2v) is 4.96. The van der Waals surface area contributed by atoms with Gasteiger partial charge in [0.05, 0.1) is 0 Å². The molecule has 0 N–H and O–H groups in total. The van der Waals surface area contributed by atoms with Crippen molar-refractivity contribution in [1.29, 1.82) is 0 Å². The summed E-state index contributed by atoms with van der Waals surface area (Å²) in [7, 11) is -3.39. The molecule has 0 aromatic heterocycles. The van der Waals surface area contributed by atoms with Gasteiger partial charge in [-0.25, -0.2) is 14.5 Å². The lowest BCUT2D eigenvalue weighted by molar-refractivity contribution is 0.474. The van der Waals surface area contributed by atoms with Crippen LogP contribution in [0.15, 0.2) is 54.5 Å². The summed E-state index contributed by atoms with van der Waals surface area (Å²) < 4.78 is 25.3. The maximum Gasteiger partial charge on any atom is 0.219 e. The van der Waals surface area contributed by atoms with Crippen LogP contribution in [0.5, 0.6) is 0 Å². The van der Waals surface area contributed by atoms with E-state index in [1.807, 2.05) is 0 Å². The largest absolute Gasteiger partial charge is 0.219 e. The minimum atomic E-state index is -3.39. The second-order valence-electron chi connectivity index (χ2n) is 3.02. The molecule has 1 aromatic carbocycles. The Kier molecular flexibility index (Phi) is 3.94. The minimum absolute atomic E-state index is 0.291. The SMILES string of the molecule is C=CCN(CC=C)S(=O)(=O)c1ccc[cH-]1. The molecule has 1 rings (SSSR count). The van der Waals surface area contributed by atoms with Gasteiger partial charge in [-0.05, 0) is 4.90 Å². The van der Waals surface area contributed by atoms with Crippen molar-refractivity contribution in [1.82, 2.24) is 4.31 Å². The Morgan fingerprint density at radius 2 is 1.93 bits per heavy atom. The summed E-state index contributed by atoms with van der Waals surface area (Å²) in [6, 6.07) is 6.56. The Balaban J connectivity index is 3.01. The van der Waals surface area contributed by atoms with Crippen LogP contribution in [0, 0.1) is 0 Å². The zero-order valence-electron chi connectivity index (χ0n) is 8.46. The van der Waals surface area contributed by atoms with Crippen molar-refractivity contribution in [2.24, 2.45) is 0 Å². The van der Waals surface area contributed by atoms with Crippen molar-refractivity contribution >= 4 is 10.0 Å². The third-order valence-electron chi connectivity index (χ3n) is 1.94. The number of hydrogen-bond acceptors (Lipinski definition) is 2. The summed E-state index contributed by atoms with van der Waals surface area (Å²) in [5.41, 5.74) is 0. The van der Waals surface area contributed by atoms with Gasteiger partial charge in [0, 0.05) is 13.1 Å². The quantitative estimate of drug-likeness (QED) is 0.545. The van der Waals surface area contributed by atoms with Crippen molar-refractivity contribution in [3.63, 3.8) is 0 Å². The highest BCUT2D eigenvalue weighted by Gasteiger charge is 2.18. The molecule has 0 aliphatic heterocycles. The van der Waals surface area contributed by atoms with Gasteiger partial charge < -0.3 is 0 Å². The predicted molar refractivity (Wildman–Crippen MR) is 61.2 cm³/mol. The highest BCUT2D eigenvalue weighted by Crippen LogP contribution is 2.15. The molecule has 15 heavy (non-hydrogen) atoms. The highest BCUT2D eigenvalue weighted by molar-refractivity contribution is 7.89. The van der Waals surface area contributed by atoms with Crippen molar-refractivity contribution in [3.05, 3.63) is 49.6 Å². The van der Waals surface area contributed by atoms with Gasteiger partial charge in [-0.3, -0.25) is 0 Å². The highest BCUT2D eigenvalue weighted by atomic mass is 32.2. The molecule has 0 spiro atoms. The summed E-state index contributed by atoms with van der Waals surface area (Å²) in [5.74, 6) is 0. The number of rotatable bonds is 6. The molecule has 0 bridgehead atoms. The normalized spacial score (nSPS) is 11.5. The average Bonchev–Trinajstić information content (AvgIpc) is 2.70. The first kappa shape index (κ1) is 11.8. The van der Waals surface area contributed by atoms with E-state index in [4.69, 9.17) is 0 Å². The van der Waals surface area contributed by atoms with Gasteiger partial charge in [0.25, 0.3) is 0 Å². The van der Waals surface area contributed by atoms with E-state index in [9.17, 15) is 8.42 Å². The van der Waals surface area contributed by atoms with Crippen molar-refractivity contribution in [3.8, 4) is 0 Å². The Labute approximate surface area is 90.8 Å². The Bertz CT molecular complexity index is 407. The van der Waals surface area contributed by atoms with E-state index in [1.54, 1.807) is 36.4 Å². The Morgan fingerprint density at radius 3 is 2.33 bits per heavy atom. The molecule has 0 amide bonds. The average molecular weight is 224 g/mol. The van der Waals surface area contributed by atoms with Gasteiger partial charge in [-0.2, -0.15) is 22.5 Å². The third kappa shape index (κ3) is 2.61. The molecule has 0 atom stereocenters. The first-order valence-corrected chi connectivity index (χ1v) is 6.00. The van der Waals surface area contributed by atoms with Gasteiger partial charge in [0.2, 0.25) is 10.0 Å². The molecule has 0 unspecified atom stereocenters. The van der Waals surface area contributed by atoms with Crippen LogP contribution in [0.4, 0.5) is 0 Å². The molecule has 4 heteroatoms. The maximum absolute atomic E-state index is 12.0. The maximum atomic E-state index is 12.0. The van der Waals surface area contributed by atoms with E-state index in [2.05, 4.69) is 13.2 Å². The second kappa shape index (κ2) is 5.00. The molecule has 0 saturated heterocycles. The van der Waals surface area contributed by atoms with Crippen LogP contribution in [0.1, 0.15) is 0 Å². The zero-order valence-corrected chi connectivity index (χ0v) is 9.28. The van der Waals surface area contributed by atoms with E-state index in [0.717, 1.165) is 0 Å². The molecule has 0 heterocycles. The van der Waals surface area contributed by atoms with Crippen LogP contribution in [0.2, 0.25) is 0 Å². The standard InChI is InChI=1S/C11H14NO2S/c1-3-9-12(10-4-2)15(13,14)11-7-5-6-8-11/h3-8H,1-2,9-10H2/q-1. The molecule has 0 aliphatic carbocycles. The van der Waals surface area contributed by atoms with Crippen LogP contribution in [-0.2, 0) is 10.0 Å². The Morgan fingerprint density at radius 1 is 1.33 bits per heavy atom. The fraction of sp³-hybridized carbons (Fsp3) is 0.182. The van der Waals surface area contributed by atoms with Gasteiger partial charge in [-0.15, -0.1) is 13.2 Å². The summed E-state index contributed by atoms with van der Waals surface area (Å²) in [6.07, 6.45) is 3.12. The number of sulfonamides is 1. The van der Waals surface area contributed by atoms with Gasteiger partial charge in [0.1, 0.15) is 0 Å². The van der Waals surface area contributed by atoms with Crippen molar-refractivity contribution < 1.29 is 8.42 Å². The number of nitrogens with zero attached hydrogens (tertiary/aromatic N) is 1. The van der Waals surface area contributed by atoms with E-state index in [-0.39, 0.29) is 0 Å². The van der Waals surface area contributed by atoms with Gasteiger partial charge >= 0.3 is 0 Å². The lowest BCUT2D eigenvalue weighted by Gasteiger charge is -2.20. The molecule has 82 valence electrons. The third-order valence-corrected chi connectivity index (χ3v) is 3.78. The molecule has 0 saturated carbocycles. The van der Waals surface area contributed by atoms with Crippen LogP contribution in [-0.4, -0.2) is 25.8 Å². The van der Waals surface area contributed by atoms with Crippen LogP contribution in [0.25, 0.3) is 0 Å². The molecule has 0 aliphatic rings. The van der Waals surface area contributed by atoms with Crippen molar-refractivity contribution in [2.45, 2.75) is 4.90 Å². The number of hydrogen-bond donors (Lipinski definition) is 0. The summed E-state index contributed by atoms with van der Waals surface area (Å²) in [4.78, 5) is 0.311. The lowest BCUT2D eigenvalue weighted by atomic mass is 10.5. The van der Waals surface area contributed by atoms with Crippen LogP contribution >= 0.6 is 0 Å². The first-order chi connectivity index (χ1) is 7.12. The summed E-state index contributed by atoms with van der Waals surface area (Å²) in [6.45, 7) is 7.66. The zero-order chi connectivity index (χ0) is 11.3. The predicted octanol–water partition coefficient (Wildman–Crippen LogP) is 1.77. The molecule has 0 fully saturated rings. The fourth-order valence-electron chi connectivity index (χ4n) is 1.24. The van der Waals surface area contributed by atoms with Gasteiger partial charge in [0.15, 0.2) is 0 Å². The molecule has 3 nitrogen and oxygen atoms in total. The lowest BCUT2D eigenvalue weighted by Crippen LogP contribution is -2.31. The monoisotopic (exact) mass is 224 g/mol. The van der Waals surface area contributed by atoms with Gasteiger partial charge in [-0.1, -0.05) is 12.2 Å². The first-order valence-electron chi connectivity index (χ1n) is 4.56. The molecule has 1 aromatic rings. The van der Waals surface area contributed by atoms with Crippen LogP contribution in [0.3, 0.4) is 0 Å². The van der Waals surface area contributed by atoms with E-state index in [0.29, 0.717) is 18.0 Å². The smallest absolute Gasteiger partial charge is 0.212 e.